The average molecular weight is 355 g/mol. The third-order valence-corrected chi connectivity index (χ3v) is 4.77. The maximum absolute atomic E-state index is 12.9. The normalized spacial score (nSPS) is 14.0. The number of amides is 1. The molecule has 3 aromatic rings. The number of carbonyl (C=O) groups is 1. The molecule has 8 heteroatoms. The molecule has 0 unspecified atom stereocenters. The molecular formula is C18H21N5O3. The third kappa shape index (κ3) is 2.92. The summed E-state index contributed by atoms with van der Waals surface area (Å²) in [5.74, 6) is -0.0401. The quantitative estimate of drug-likeness (QED) is 0.674. The number of aromatic nitrogens is 4. The lowest BCUT2D eigenvalue weighted by Crippen LogP contribution is -2.35. The van der Waals surface area contributed by atoms with Crippen LogP contribution in [0.25, 0.3) is 11.0 Å². The fourth-order valence-corrected chi connectivity index (χ4v) is 3.40. The van der Waals surface area contributed by atoms with Gasteiger partial charge in [-0.25, -0.2) is 4.79 Å². The summed E-state index contributed by atoms with van der Waals surface area (Å²) in [5, 5.41) is 7.01. The molecule has 0 fully saturated rings. The number of fused-ring (bicyclic) bond motifs is 2. The van der Waals surface area contributed by atoms with Gasteiger partial charge >= 0.3 is 5.69 Å². The molecule has 26 heavy (non-hydrogen) atoms. The van der Waals surface area contributed by atoms with Crippen LogP contribution >= 0.6 is 0 Å². The number of ether oxygens (including phenoxy) is 1. The zero-order chi connectivity index (χ0) is 18.1. The predicted octanol–water partition coefficient (Wildman–Crippen LogP) is 1.29. The van der Waals surface area contributed by atoms with Gasteiger partial charge in [-0.3, -0.25) is 14.5 Å². The Morgan fingerprint density at radius 3 is 3.12 bits per heavy atom. The zero-order valence-corrected chi connectivity index (χ0v) is 14.6. The van der Waals surface area contributed by atoms with Crippen molar-refractivity contribution in [2.45, 2.75) is 26.4 Å². The number of benzene rings is 1. The topological polar surface area (TPSA) is 96.0 Å². The second-order valence-corrected chi connectivity index (χ2v) is 6.36. The summed E-state index contributed by atoms with van der Waals surface area (Å²) < 4.78 is 6.97. The fourth-order valence-electron chi connectivity index (χ4n) is 3.40. The summed E-state index contributed by atoms with van der Waals surface area (Å²) >= 11 is 0. The van der Waals surface area contributed by atoms with E-state index in [-0.39, 0.29) is 11.6 Å². The second kappa shape index (κ2) is 6.80. The fraction of sp³-hybridized carbons (Fsp3) is 0.389. The van der Waals surface area contributed by atoms with Crippen LogP contribution in [-0.2, 0) is 24.2 Å². The molecule has 136 valence electrons. The van der Waals surface area contributed by atoms with Gasteiger partial charge in [-0.2, -0.15) is 5.10 Å². The predicted molar refractivity (Wildman–Crippen MR) is 96.1 cm³/mol. The van der Waals surface area contributed by atoms with E-state index in [1.54, 1.807) is 22.9 Å². The average Bonchev–Trinajstić information content (AvgIpc) is 3.24. The van der Waals surface area contributed by atoms with Gasteiger partial charge in [0.2, 0.25) is 0 Å². The van der Waals surface area contributed by atoms with Crippen LogP contribution in [0.3, 0.4) is 0 Å². The number of carbonyl (C=O) groups excluding carboxylic acids is 1. The van der Waals surface area contributed by atoms with E-state index in [0.717, 1.165) is 23.2 Å². The van der Waals surface area contributed by atoms with Crippen molar-refractivity contribution in [1.82, 2.24) is 24.6 Å². The van der Waals surface area contributed by atoms with Crippen molar-refractivity contribution in [2.24, 2.45) is 0 Å². The highest BCUT2D eigenvalue weighted by Crippen LogP contribution is 2.20. The number of nitrogens with zero attached hydrogens (tertiary/aromatic N) is 3. The Hall–Kier alpha value is -2.87. The smallest absolute Gasteiger partial charge is 0.326 e. The van der Waals surface area contributed by atoms with E-state index in [9.17, 15) is 9.59 Å². The highest BCUT2D eigenvalue weighted by Gasteiger charge is 2.23. The lowest BCUT2D eigenvalue weighted by atomic mass is 10.1. The van der Waals surface area contributed by atoms with Crippen molar-refractivity contribution in [3.8, 4) is 0 Å². The van der Waals surface area contributed by atoms with E-state index in [1.807, 2.05) is 17.9 Å². The van der Waals surface area contributed by atoms with Gasteiger partial charge in [0.25, 0.3) is 5.91 Å². The minimum Gasteiger partial charge on any atom is -0.380 e. The van der Waals surface area contributed by atoms with Crippen molar-refractivity contribution >= 4 is 16.9 Å². The van der Waals surface area contributed by atoms with E-state index >= 15 is 0 Å². The molecule has 0 bridgehead atoms. The molecule has 2 aromatic heterocycles. The van der Waals surface area contributed by atoms with Crippen LogP contribution in [0.15, 0.2) is 29.2 Å². The van der Waals surface area contributed by atoms with E-state index in [1.165, 1.54) is 0 Å². The number of hydrogen-bond acceptors (Lipinski definition) is 4. The Kier molecular flexibility index (Phi) is 4.34. The first-order valence-corrected chi connectivity index (χ1v) is 8.78. The van der Waals surface area contributed by atoms with Crippen molar-refractivity contribution in [3.05, 3.63) is 51.7 Å². The lowest BCUT2D eigenvalue weighted by Gasteiger charge is -2.26. The van der Waals surface area contributed by atoms with Gasteiger partial charge in [-0.05, 0) is 25.1 Å². The summed E-state index contributed by atoms with van der Waals surface area (Å²) in [4.78, 5) is 29.7. The molecule has 1 aliphatic heterocycles. The van der Waals surface area contributed by atoms with Gasteiger partial charge in [-0.1, -0.05) is 0 Å². The van der Waals surface area contributed by atoms with Crippen molar-refractivity contribution in [2.75, 3.05) is 19.8 Å². The third-order valence-electron chi connectivity index (χ3n) is 4.77. The Morgan fingerprint density at radius 1 is 1.38 bits per heavy atom. The Balaban J connectivity index is 1.58. The van der Waals surface area contributed by atoms with Crippen LogP contribution in [0.4, 0.5) is 0 Å². The van der Waals surface area contributed by atoms with Crippen LogP contribution in [0.5, 0.6) is 0 Å². The SMILES string of the molecule is CCOCCn1c(=O)[nH]c2cc(C(=O)N3CCc4[nH]ncc4C3)ccc21. The monoisotopic (exact) mass is 355 g/mol. The highest BCUT2D eigenvalue weighted by atomic mass is 16.5. The first-order valence-electron chi connectivity index (χ1n) is 8.78. The number of imidazole rings is 1. The maximum atomic E-state index is 12.9. The molecule has 3 heterocycles. The number of rotatable bonds is 5. The standard InChI is InChI=1S/C18H21N5O3/c1-2-26-8-7-23-16-4-3-12(9-15(16)20-18(23)25)17(24)22-6-5-14-13(11-22)10-19-21-14/h3-4,9-10H,2,5-8,11H2,1H3,(H,19,21)(H,20,25). The molecule has 0 saturated heterocycles. The molecule has 4 rings (SSSR count). The van der Waals surface area contributed by atoms with Gasteiger partial charge in [0.1, 0.15) is 0 Å². The summed E-state index contributed by atoms with van der Waals surface area (Å²) in [6.45, 7) is 4.69. The van der Waals surface area contributed by atoms with E-state index in [2.05, 4.69) is 15.2 Å². The first-order chi connectivity index (χ1) is 12.7. The number of hydrogen-bond donors (Lipinski definition) is 2. The summed E-state index contributed by atoms with van der Waals surface area (Å²) in [6.07, 6.45) is 2.54. The van der Waals surface area contributed by atoms with Crippen LogP contribution < -0.4 is 5.69 Å². The van der Waals surface area contributed by atoms with Gasteiger partial charge in [-0.15, -0.1) is 0 Å². The molecular weight excluding hydrogens is 334 g/mol. The molecule has 0 aliphatic carbocycles. The Morgan fingerprint density at radius 2 is 2.27 bits per heavy atom. The first kappa shape index (κ1) is 16.6. The summed E-state index contributed by atoms with van der Waals surface area (Å²) in [5.41, 5.74) is 3.98. The van der Waals surface area contributed by atoms with E-state index in [4.69, 9.17) is 4.74 Å². The van der Waals surface area contributed by atoms with Crippen LogP contribution in [0.1, 0.15) is 28.5 Å². The van der Waals surface area contributed by atoms with Gasteiger partial charge < -0.3 is 14.6 Å². The summed E-state index contributed by atoms with van der Waals surface area (Å²) in [7, 11) is 0. The molecule has 8 nitrogen and oxygen atoms in total. The molecule has 2 N–H and O–H groups in total. The van der Waals surface area contributed by atoms with Crippen LogP contribution in [0, 0.1) is 0 Å². The van der Waals surface area contributed by atoms with Crippen LogP contribution in [-0.4, -0.2) is 50.3 Å². The molecule has 0 radical (unpaired) electrons. The largest absolute Gasteiger partial charge is 0.380 e. The highest BCUT2D eigenvalue weighted by molar-refractivity contribution is 5.97. The lowest BCUT2D eigenvalue weighted by molar-refractivity contribution is 0.0734. The zero-order valence-electron chi connectivity index (χ0n) is 14.6. The van der Waals surface area contributed by atoms with Gasteiger partial charge in [0, 0.05) is 42.9 Å². The maximum Gasteiger partial charge on any atom is 0.326 e. The second-order valence-electron chi connectivity index (χ2n) is 6.36. The number of aromatic amines is 2. The van der Waals surface area contributed by atoms with Crippen molar-refractivity contribution < 1.29 is 9.53 Å². The molecule has 1 aliphatic rings. The van der Waals surface area contributed by atoms with Gasteiger partial charge in [0.05, 0.1) is 30.4 Å². The van der Waals surface area contributed by atoms with Crippen molar-refractivity contribution in [3.63, 3.8) is 0 Å². The molecule has 0 atom stereocenters. The van der Waals surface area contributed by atoms with Crippen molar-refractivity contribution in [1.29, 1.82) is 0 Å². The van der Waals surface area contributed by atoms with E-state index < -0.39 is 0 Å². The minimum absolute atomic E-state index is 0.0401. The molecule has 0 saturated carbocycles. The molecule has 1 aromatic carbocycles. The number of nitrogens with one attached hydrogen (secondary N) is 2. The molecule has 0 spiro atoms. The Labute approximate surface area is 149 Å². The Bertz CT molecular complexity index is 1000. The van der Waals surface area contributed by atoms with E-state index in [0.29, 0.717) is 43.9 Å². The molecule has 1 amide bonds. The summed E-state index contributed by atoms with van der Waals surface area (Å²) in [6, 6.07) is 5.35. The number of H-pyrrole nitrogens is 2. The van der Waals surface area contributed by atoms with Crippen LogP contribution in [0.2, 0.25) is 0 Å². The minimum atomic E-state index is -0.190. The van der Waals surface area contributed by atoms with Gasteiger partial charge in [0.15, 0.2) is 0 Å².